The van der Waals surface area contributed by atoms with Crippen LogP contribution in [0.25, 0.3) is 0 Å². The van der Waals surface area contributed by atoms with Crippen molar-refractivity contribution in [2.24, 2.45) is 0 Å². The number of amides is 1. The predicted octanol–water partition coefficient (Wildman–Crippen LogP) is 4.29. The first-order valence-corrected chi connectivity index (χ1v) is 9.17. The Morgan fingerprint density at radius 3 is 2.07 bits per heavy atom. The number of hydrogen-bond donors (Lipinski definition) is 0. The summed E-state index contributed by atoms with van der Waals surface area (Å²) in [6.07, 6.45) is -2.90. The summed E-state index contributed by atoms with van der Waals surface area (Å²) < 4.78 is 39.4. The van der Waals surface area contributed by atoms with E-state index in [9.17, 15) is 18.0 Å². The van der Waals surface area contributed by atoms with Gasteiger partial charge in [-0.2, -0.15) is 13.2 Å². The molecule has 3 nitrogen and oxygen atoms in total. The Labute approximate surface area is 157 Å². The summed E-state index contributed by atoms with van der Waals surface area (Å²) in [6.45, 7) is 2.24. The van der Waals surface area contributed by atoms with E-state index >= 15 is 0 Å². The number of alkyl halides is 3. The summed E-state index contributed by atoms with van der Waals surface area (Å²) in [6, 6.07) is 17.9. The van der Waals surface area contributed by atoms with Crippen LogP contribution in [0.15, 0.2) is 60.7 Å². The van der Waals surface area contributed by atoms with Gasteiger partial charge < -0.3 is 9.80 Å². The van der Waals surface area contributed by atoms with E-state index in [0.29, 0.717) is 31.6 Å². The van der Waals surface area contributed by atoms with Crippen LogP contribution in [0, 0.1) is 0 Å². The number of benzene rings is 2. The van der Waals surface area contributed by atoms with E-state index < -0.39 is 18.1 Å². The molecule has 0 bridgehead atoms. The lowest BCUT2D eigenvalue weighted by atomic mass is 10.0. The van der Waals surface area contributed by atoms with Gasteiger partial charge in [-0.05, 0) is 37.0 Å². The second-order valence-corrected chi connectivity index (χ2v) is 6.82. The lowest BCUT2D eigenvalue weighted by molar-refractivity contribution is -0.171. The fourth-order valence-electron chi connectivity index (χ4n) is 3.55. The maximum Gasteiger partial charge on any atom is 0.471 e. The molecule has 1 saturated heterocycles. The van der Waals surface area contributed by atoms with Gasteiger partial charge in [0.1, 0.15) is 0 Å². The SMILES string of the molecule is O=C(N(c1ccccc1)C1CCN(CCc2ccccc2)CC1)C(F)(F)F. The number of nitrogens with zero attached hydrogens (tertiary/aromatic N) is 2. The molecule has 1 aliphatic rings. The number of anilines is 1. The van der Waals surface area contributed by atoms with Gasteiger partial charge >= 0.3 is 12.1 Å². The molecule has 27 heavy (non-hydrogen) atoms. The molecule has 0 atom stereocenters. The Balaban J connectivity index is 1.63. The minimum Gasteiger partial charge on any atom is -0.303 e. The molecule has 0 N–H and O–H groups in total. The first kappa shape index (κ1) is 19.4. The van der Waals surface area contributed by atoms with Crippen LogP contribution < -0.4 is 4.90 Å². The molecule has 0 unspecified atom stereocenters. The van der Waals surface area contributed by atoms with E-state index in [0.717, 1.165) is 17.9 Å². The molecular weight excluding hydrogens is 353 g/mol. The molecule has 1 heterocycles. The van der Waals surface area contributed by atoms with Crippen LogP contribution in [0.1, 0.15) is 18.4 Å². The quantitative estimate of drug-likeness (QED) is 0.777. The van der Waals surface area contributed by atoms with Crippen molar-refractivity contribution in [2.75, 3.05) is 24.5 Å². The molecular formula is C21H23F3N2O. The highest BCUT2D eigenvalue weighted by atomic mass is 19.4. The smallest absolute Gasteiger partial charge is 0.303 e. The Bertz CT molecular complexity index is 726. The highest BCUT2D eigenvalue weighted by molar-refractivity contribution is 5.97. The zero-order valence-electron chi connectivity index (χ0n) is 15.0. The fraction of sp³-hybridized carbons (Fsp3) is 0.381. The number of piperidine rings is 1. The van der Waals surface area contributed by atoms with E-state index in [1.165, 1.54) is 5.56 Å². The van der Waals surface area contributed by atoms with E-state index in [1.807, 2.05) is 18.2 Å². The van der Waals surface area contributed by atoms with Gasteiger partial charge in [0.25, 0.3) is 0 Å². The minimum absolute atomic E-state index is 0.308. The third-order valence-corrected chi connectivity index (χ3v) is 4.98. The van der Waals surface area contributed by atoms with Gasteiger partial charge in [0, 0.05) is 31.4 Å². The number of halogens is 3. The molecule has 0 aliphatic carbocycles. The van der Waals surface area contributed by atoms with Gasteiger partial charge in [-0.25, -0.2) is 0 Å². The van der Waals surface area contributed by atoms with Crippen molar-refractivity contribution in [3.63, 3.8) is 0 Å². The zero-order valence-corrected chi connectivity index (χ0v) is 15.0. The van der Waals surface area contributed by atoms with Gasteiger partial charge in [-0.15, -0.1) is 0 Å². The molecule has 6 heteroatoms. The molecule has 0 radical (unpaired) electrons. The molecule has 2 aromatic carbocycles. The molecule has 0 saturated carbocycles. The van der Waals surface area contributed by atoms with Crippen molar-refractivity contribution in [3.05, 3.63) is 66.2 Å². The summed E-state index contributed by atoms with van der Waals surface area (Å²) >= 11 is 0. The maximum absolute atomic E-state index is 13.1. The molecule has 2 aromatic rings. The average Bonchev–Trinajstić information content (AvgIpc) is 2.68. The lowest BCUT2D eigenvalue weighted by Gasteiger charge is -2.38. The van der Waals surface area contributed by atoms with Crippen molar-refractivity contribution >= 4 is 11.6 Å². The Morgan fingerprint density at radius 2 is 1.52 bits per heavy atom. The van der Waals surface area contributed by atoms with Crippen molar-refractivity contribution in [1.29, 1.82) is 0 Å². The van der Waals surface area contributed by atoms with Crippen LogP contribution in [-0.2, 0) is 11.2 Å². The summed E-state index contributed by atoms with van der Waals surface area (Å²) in [5, 5.41) is 0. The van der Waals surface area contributed by atoms with Crippen LogP contribution in [0.5, 0.6) is 0 Å². The van der Waals surface area contributed by atoms with E-state index in [4.69, 9.17) is 0 Å². The summed E-state index contributed by atoms with van der Waals surface area (Å²) in [5.74, 6) is -1.78. The Morgan fingerprint density at radius 1 is 0.963 bits per heavy atom. The Kier molecular flexibility index (Phi) is 6.16. The van der Waals surface area contributed by atoms with Crippen molar-refractivity contribution in [3.8, 4) is 0 Å². The van der Waals surface area contributed by atoms with Gasteiger partial charge in [0.15, 0.2) is 0 Å². The second-order valence-electron chi connectivity index (χ2n) is 6.82. The lowest BCUT2D eigenvalue weighted by Crippen LogP contribution is -2.51. The second kappa shape index (κ2) is 8.57. The first-order valence-electron chi connectivity index (χ1n) is 9.17. The molecule has 1 fully saturated rings. The van der Waals surface area contributed by atoms with Crippen LogP contribution in [0.4, 0.5) is 18.9 Å². The zero-order chi connectivity index (χ0) is 19.3. The van der Waals surface area contributed by atoms with Crippen molar-refractivity contribution in [2.45, 2.75) is 31.5 Å². The highest BCUT2D eigenvalue weighted by Crippen LogP contribution is 2.29. The topological polar surface area (TPSA) is 23.6 Å². The van der Waals surface area contributed by atoms with Gasteiger partial charge in [-0.1, -0.05) is 48.5 Å². The summed E-state index contributed by atoms with van der Waals surface area (Å²) in [4.78, 5) is 15.2. The molecule has 144 valence electrons. The van der Waals surface area contributed by atoms with Crippen LogP contribution >= 0.6 is 0 Å². The molecule has 0 spiro atoms. The number of hydrogen-bond acceptors (Lipinski definition) is 2. The summed E-state index contributed by atoms with van der Waals surface area (Å²) in [7, 11) is 0. The number of likely N-dealkylation sites (tertiary alicyclic amines) is 1. The molecule has 1 aliphatic heterocycles. The normalized spacial score (nSPS) is 16.3. The molecule has 1 amide bonds. The molecule has 3 rings (SSSR count). The predicted molar refractivity (Wildman–Crippen MR) is 99.6 cm³/mol. The first-order chi connectivity index (χ1) is 12.9. The van der Waals surface area contributed by atoms with E-state index in [1.54, 1.807) is 30.3 Å². The van der Waals surface area contributed by atoms with E-state index in [2.05, 4.69) is 17.0 Å². The molecule has 0 aromatic heterocycles. The van der Waals surface area contributed by atoms with Crippen molar-refractivity contribution in [1.82, 2.24) is 4.90 Å². The monoisotopic (exact) mass is 376 g/mol. The van der Waals surface area contributed by atoms with Gasteiger partial charge in [-0.3, -0.25) is 4.79 Å². The summed E-state index contributed by atoms with van der Waals surface area (Å²) in [5.41, 5.74) is 1.56. The third-order valence-electron chi connectivity index (χ3n) is 4.98. The third kappa shape index (κ3) is 5.10. The van der Waals surface area contributed by atoms with Gasteiger partial charge in [0.05, 0.1) is 0 Å². The van der Waals surface area contributed by atoms with Crippen LogP contribution in [-0.4, -0.2) is 42.7 Å². The highest BCUT2D eigenvalue weighted by Gasteiger charge is 2.45. The number of carbonyl (C=O) groups excluding carboxylic acids is 1. The number of rotatable bonds is 5. The maximum atomic E-state index is 13.1. The van der Waals surface area contributed by atoms with Crippen LogP contribution in [0.2, 0.25) is 0 Å². The number of carbonyl (C=O) groups is 1. The largest absolute Gasteiger partial charge is 0.471 e. The van der Waals surface area contributed by atoms with E-state index in [-0.39, 0.29) is 0 Å². The van der Waals surface area contributed by atoms with Crippen LogP contribution in [0.3, 0.4) is 0 Å². The van der Waals surface area contributed by atoms with Crippen molar-refractivity contribution < 1.29 is 18.0 Å². The minimum atomic E-state index is -4.87. The Hall–Kier alpha value is -2.34. The number of para-hydroxylation sites is 1. The standard InChI is InChI=1S/C21H23F3N2O/c22-21(23,24)20(27)26(18-9-5-2-6-10-18)19-12-15-25(16-13-19)14-11-17-7-3-1-4-8-17/h1-10,19H,11-16H2. The fourth-order valence-corrected chi connectivity index (χ4v) is 3.55. The van der Waals surface area contributed by atoms with Gasteiger partial charge in [0.2, 0.25) is 0 Å². The average molecular weight is 376 g/mol.